The van der Waals surface area contributed by atoms with Crippen molar-refractivity contribution in [3.63, 3.8) is 0 Å². The van der Waals surface area contributed by atoms with E-state index >= 15 is 0 Å². The van der Waals surface area contributed by atoms with Crippen LogP contribution in [0.3, 0.4) is 0 Å². The zero-order chi connectivity index (χ0) is 13.1. The van der Waals surface area contributed by atoms with E-state index in [4.69, 9.17) is 16.7 Å². The van der Waals surface area contributed by atoms with Crippen molar-refractivity contribution in [1.82, 2.24) is 0 Å². The fourth-order valence-electron chi connectivity index (χ4n) is 1.91. The van der Waals surface area contributed by atoms with Crippen LogP contribution < -0.4 is 4.90 Å². The van der Waals surface area contributed by atoms with E-state index in [-0.39, 0.29) is 17.4 Å². The molecular formula is C12H12ClNO3S. The number of fused-ring (bicyclic) bond motifs is 1. The number of thioether (sulfide) groups is 1. The molecule has 0 spiro atoms. The van der Waals surface area contributed by atoms with Crippen LogP contribution in [-0.2, 0) is 16.0 Å². The molecule has 6 heteroatoms. The molecule has 0 saturated heterocycles. The third kappa shape index (κ3) is 2.97. The molecule has 18 heavy (non-hydrogen) atoms. The maximum atomic E-state index is 12.0. The van der Waals surface area contributed by atoms with E-state index in [2.05, 4.69) is 0 Å². The number of aliphatic carboxylic acids is 1. The van der Waals surface area contributed by atoms with Crippen molar-refractivity contribution in [3.8, 4) is 0 Å². The predicted octanol–water partition coefficient (Wildman–Crippen LogP) is 2.05. The lowest BCUT2D eigenvalue weighted by Gasteiger charge is -2.17. The van der Waals surface area contributed by atoms with E-state index in [1.165, 1.54) is 0 Å². The SMILES string of the molecule is O=C(O)CSCC(=O)N1CCc2ccc(Cl)cc21. The molecule has 1 N–H and O–H groups in total. The number of hydrogen-bond acceptors (Lipinski definition) is 3. The van der Waals surface area contributed by atoms with Crippen LogP contribution in [0.15, 0.2) is 18.2 Å². The van der Waals surface area contributed by atoms with E-state index < -0.39 is 5.97 Å². The van der Waals surface area contributed by atoms with Gasteiger partial charge in [0.05, 0.1) is 11.5 Å². The first-order chi connectivity index (χ1) is 8.58. The van der Waals surface area contributed by atoms with Gasteiger partial charge in [0.15, 0.2) is 0 Å². The smallest absolute Gasteiger partial charge is 0.313 e. The molecule has 1 aromatic carbocycles. The molecule has 0 atom stereocenters. The van der Waals surface area contributed by atoms with Crippen molar-refractivity contribution in [2.45, 2.75) is 6.42 Å². The van der Waals surface area contributed by atoms with E-state index in [1.54, 1.807) is 11.0 Å². The summed E-state index contributed by atoms with van der Waals surface area (Å²) in [6.45, 7) is 0.641. The first-order valence-corrected chi connectivity index (χ1v) is 6.99. The van der Waals surface area contributed by atoms with Gasteiger partial charge >= 0.3 is 5.97 Å². The normalized spacial score (nSPS) is 13.5. The highest BCUT2D eigenvalue weighted by Crippen LogP contribution is 2.31. The topological polar surface area (TPSA) is 57.6 Å². The van der Waals surface area contributed by atoms with Crippen molar-refractivity contribution >= 4 is 40.9 Å². The first-order valence-electron chi connectivity index (χ1n) is 5.46. The number of carboxylic acids is 1. The minimum absolute atomic E-state index is 0.0536. The second kappa shape index (κ2) is 5.63. The fraction of sp³-hybridized carbons (Fsp3) is 0.333. The molecule has 0 fully saturated rings. The van der Waals surface area contributed by atoms with Gasteiger partial charge in [-0.25, -0.2) is 0 Å². The van der Waals surface area contributed by atoms with Crippen molar-refractivity contribution in [2.24, 2.45) is 0 Å². The molecule has 1 heterocycles. The lowest BCUT2D eigenvalue weighted by molar-refractivity contribution is -0.133. The lowest BCUT2D eigenvalue weighted by Crippen LogP contribution is -2.30. The molecule has 0 unspecified atom stereocenters. The van der Waals surface area contributed by atoms with Gasteiger partial charge in [-0.15, -0.1) is 11.8 Å². The zero-order valence-corrected chi connectivity index (χ0v) is 11.1. The number of halogens is 1. The number of rotatable bonds is 4. The minimum atomic E-state index is -0.905. The molecule has 1 amide bonds. The molecule has 0 aliphatic carbocycles. The Kier molecular flexibility index (Phi) is 4.14. The summed E-state index contributed by atoms with van der Waals surface area (Å²) in [7, 11) is 0. The van der Waals surface area contributed by atoms with Crippen molar-refractivity contribution in [1.29, 1.82) is 0 Å². The number of carbonyl (C=O) groups excluding carboxylic acids is 1. The van der Waals surface area contributed by atoms with Crippen LogP contribution in [0.4, 0.5) is 5.69 Å². The fourth-order valence-corrected chi connectivity index (χ4v) is 2.69. The van der Waals surface area contributed by atoms with Gasteiger partial charge in [-0.2, -0.15) is 0 Å². The Hall–Kier alpha value is -1.20. The van der Waals surface area contributed by atoms with E-state index in [0.29, 0.717) is 11.6 Å². The summed E-state index contributed by atoms with van der Waals surface area (Å²) < 4.78 is 0. The number of carboxylic acid groups (broad SMARTS) is 1. The summed E-state index contributed by atoms with van der Waals surface area (Å²) in [5, 5.41) is 9.13. The Morgan fingerprint density at radius 2 is 2.17 bits per heavy atom. The summed E-state index contributed by atoms with van der Waals surface area (Å²) in [4.78, 5) is 24.0. The Balaban J connectivity index is 2.02. The molecule has 96 valence electrons. The average molecular weight is 286 g/mol. The van der Waals surface area contributed by atoms with Crippen LogP contribution in [0.1, 0.15) is 5.56 Å². The van der Waals surface area contributed by atoms with Gasteiger partial charge < -0.3 is 10.0 Å². The highest BCUT2D eigenvalue weighted by atomic mass is 35.5. The predicted molar refractivity (Wildman–Crippen MR) is 72.5 cm³/mol. The number of anilines is 1. The third-order valence-corrected chi connectivity index (χ3v) is 3.83. The molecular weight excluding hydrogens is 274 g/mol. The van der Waals surface area contributed by atoms with E-state index in [9.17, 15) is 9.59 Å². The summed E-state index contributed by atoms with van der Waals surface area (Å²) in [5.41, 5.74) is 1.96. The van der Waals surface area contributed by atoms with Crippen molar-refractivity contribution < 1.29 is 14.7 Å². The van der Waals surface area contributed by atoms with Crippen LogP contribution in [0.5, 0.6) is 0 Å². The van der Waals surface area contributed by atoms with E-state index in [0.717, 1.165) is 29.4 Å². The van der Waals surface area contributed by atoms with Gasteiger partial charge in [-0.05, 0) is 24.1 Å². The molecule has 1 aliphatic heterocycles. The quantitative estimate of drug-likeness (QED) is 0.920. The number of benzene rings is 1. The number of carbonyl (C=O) groups is 2. The molecule has 1 aliphatic rings. The maximum Gasteiger partial charge on any atom is 0.313 e. The largest absolute Gasteiger partial charge is 0.481 e. The maximum absolute atomic E-state index is 12.0. The standard InChI is InChI=1S/C12H12ClNO3S/c13-9-2-1-8-3-4-14(10(8)5-9)11(15)6-18-7-12(16)17/h1-2,5H,3-4,6-7H2,(H,16,17). The summed E-state index contributed by atoms with van der Waals surface area (Å²) in [6.07, 6.45) is 0.821. The number of hydrogen-bond donors (Lipinski definition) is 1. The van der Waals surface area contributed by atoms with Crippen LogP contribution in [0.2, 0.25) is 5.02 Å². The van der Waals surface area contributed by atoms with Gasteiger partial charge in [0.25, 0.3) is 0 Å². The van der Waals surface area contributed by atoms with Crippen molar-refractivity contribution in [3.05, 3.63) is 28.8 Å². The van der Waals surface area contributed by atoms with Crippen LogP contribution in [0, 0.1) is 0 Å². The van der Waals surface area contributed by atoms with Crippen molar-refractivity contribution in [2.75, 3.05) is 23.0 Å². The molecule has 0 bridgehead atoms. The highest BCUT2D eigenvalue weighted by Gasteiger charge is 2.24. The summed E-state index contributed by atoms with van der Waals surface area (Å²) >= 11 is 7.03. The molecule has 0 radical (unpaired) electrons. The molecule has 1 aromatic rings. The second-order valence-corrected chi connectivity index (χ2v) is 5.38. The third-order valence-electron chi connectivity index (χ3n) is 2.70. The molecule has 2 rings (SSSR count). The zero-order valence-electron chi connectivity index (χ0n) is 9.56. The van der Waals surface area contributed by atoms with E-state index in [1.807, 2.05) is 12.1 Å². The monoisotopic (exact) mass is 285 g/mol. The van der Waals surface area contributed by atoms with Gasteiger partial charge in [0.1, 0.15) is 0 Å². The number of nitrogens with zero attached hydrogens (tertiary/aromatic N) is 1. The number of amides is 1. The molecule has 0 aromatic heterocycles. The van der Waals surface area contributed by atoms with Crippen LogP contribution in [0.25, 0.3) is 0 Å². The Labute approximate surface area is 114 Å². The first kappa shape index (κ1) is 13.2. The van der Waals surface area contributed by atoms with Crippen LogP contribution in [-0.4, -0.2) is 35.0 Å². The average Bonchev–Trinajstić information content (AvgIpc) is 2.71. The van der Waals surface area contributed by atoms with Gasteiger partial charge in [-0.1, -0.05) is 17.7 Å². The van der Waals surface area contributed by atoms with Gasteiger partial charge in [0, 0.05) is 17.3 Å². The Morgan fingerprint density at radius 3 is 2.89 bits per heavy atom. The summed E-state index contributed by atoms with van der Waals surface area (Å²) in [6, 6.07) is 5.52. The second-order valence-electron chi connectivity index (χ2n) is 3.95. The summed E-state index contributed by atoms with van der Waals surface area (Å²) in [5.74, 6) is -0.847. The molecule has 0 saturated carbocycles. The lowest BCUT2D eigenvalue weighted by atomic mass is 10.2. The Morgan fingerprint density at radius 1 is 1.39 bits per heavy atom. The Bertz CT molecular complexity index is 492. The highest BCUT2D eigenvalue weighted by molar-refractivity contribution is 8.00. The molecule has 4 nitrogen and oxygen atoms in total. The van der Waals surface area contributed by atoms with Crippen LogP contribution >= 0.6 is 23.4 Å². The minimum Gasteiger partial charge on any atom is -0.481 e. The van der Waals surface area contributed by atoms with Gasteiger partial charge in [0.2, 0.25) is 5.91 Å². The van der Waals surface area contributed by atoms with Gasteiger partial charge in [-0.3, -0.25) is 9.59 Å².